The van der Waals surface area contributed by atoms with E-state index in [1.54, 1.807) is 12.1 Å². The minimum absolute atomic E-state index is 0.0883. The minimum atomic E-state index is -0.343. The summed E-state index contributed by atoms with van der Waals surface area (Å²) < 4.78 is 0. The molecule has 8 heteroatoms. The number of nitrogen functional groups attached to an aromatic ring is 2. The van der Waals surface area contributed by atoms with E-state index >= 15 is 0 Å². The van der Waals surface area contributed by atoms with Crippen molar-refractivity contribution >= 4 is 62.0 Å². The molecule has 0 aliphatic carbocycles. The largest absolute Gasteiger partial charge is 0.397 e. The lowest BCUT2D eigenvalue weighted by Gasteiger charge is -2.10. The first-order valence-electron chi connectivity index (χ1n) is 8.80. The molecule has 148 valence electrons. The van der Waals surface area contributed by atoms with Crippen LogP contribution in [0.25, 0.3) is 21.3 Å². The van der Waals surface area contributed by atoms with Gasteiger partial charge in [0.05, 0.1) is 10.7 Å². The highest BCUT2D eigenvalue weighted by atomic mass is 35.5. The van der Waals surface area contributed by atoms with Crippen molar-refractivity contribution in [2.75, 3.05) is 11.5 Å². The molecule has 0 aliphatic rings. The second-order valence-electron chi connectivity index (χ2n) is 6.70. The van der Waals surface area contributed by atoms with Gasteiger partial charge in [-0.3, -0.25) is 4.79 Å². The summed E-state index contributed by atoms with van der Waals surface area (Å²) in [5.41, 5.74) is 15.6. The van der Waals surface area contributed by atoms with E-state index in [4.69, 9.17) is 34.7 Å². The average Bonchev–Trinajstić information content (AvgIpc) is 3.03. The van der Waals surface area contributed by atoms with E-state index in [9.17, 15) is 10.1 Å². The van der Waals surface area contributed by atoms with Gasteiger partial charge in [0.15, 0.2) is 0 Å². The Labute approximate surface area is 186 Å². The van der Waals surface area contributed by atoms with E-state index in [-0.39, 0.29) is 38.3 Å². The summed E-state index contributed by atoms with van der Waals surface area (Å²) in [6.07, 6.45) is 0. The smallest absolute Gasteiger partial charge is 0.206 e. The molecule has 0 radical (unpaired) electrons. The quantitative estimate of drug-likeness (QED) is 0.379. The van der Waals surface area contributed by atoms with Gasteiger partial charge in [-0.05, 0) is 30.7 Å². The summed E-state index contributed by atoms with van der Waals surface area (Å²) in [4.78, 5) is 18.3. The van der Waals surface area contributed by atoms with Crippen molar-refractivity contribution in [1.82, 2.24) is 4.98 Å². The highest BCUT2D eigenvalue weighted by Crippen LogP contribution is 2.43. The molecular weight excluding hydrogens is 439 g/mol. The van der Waals surface area contributed by atoms with E-state index in [1.165, 1.54) is 6.07 Å². The highest BCUT2D eigenvalue weighted by molar-refractivity contribution is 7.21. The second kappa shape index (κ2) is 7.62. The minimum Gasteiger partial charge on any atom is -0.397 e. The monoisotopic (exact) mass is 452 g/mol. The Hall–Kier alpha value is -3.11. The zero-order valence-electron chi connectivity index (χ0n) is 15.7. The van der Waals surface area contributed by atoms with Crippen molar-refractivity contribution in [2.24, 2.45) is 0 Å². The molecule has 0 fully saturated rings. The van der Waals surface area contributed by atoms with Crippen molar-refractivity contribution in [3.05, 3.63) is 74.1 Å². The maximum Gasteiger partial charge on any atom is 0.206 e. The number of anilines is 2. The predicted octanol–water partition coefficient (Wildman–Crippen LogP) is 5.85. The summed E-state index contributed by atoms with van der Waals surface area (Å²) in [7, 11) is 0. The number of ketones is 1. The molecule has 2 heterocycles. The van der Waals surface area contributed by atoms with Crippen LogP contribution in [-0.4, -0.2) is 10.8 Å². The number of nitriles is 1. The van der Waals surface area contributed by atoms with E-state index in [0.29, 0.717) is 20.8 Å². The number of rotatable bonds is 3. The summed E-state index contributed by atoms with van der Waals surface area (Å²) in [6, 6.07) is 14.4. The maximum absolute atomic E-state index is 13.2. The summed E-state index contributed by atoms with van der Waals surface area (Å²) in [5.74, 6) is -0.255. The van der Waals surface area contributed by atoms with Crippen LogP contribution in [0, 0.1) is 18.3 Å². The number of nitrogens with two attached hydrogens (primary N) is 2. The van der Waals surface area contributed by atoms with Crippen molar-refractivity contribution in [3.63, 3.8) is 0 Å². The molecule has 0 atom stereocenters. The van der Waals surface area contributed by atoms with Gasteiger partial charge in [0.25, 0.3) is 0 Å². The Morgan fingerprint density at radius 3 is 2.47 bits per heavy atom. The van der Waals surface area contributed by atoms with Crippen molar-refractivity contribution in [1.29, 1.82) is 5.26 Å². The fourth-order valence-corrected chi connectivity index (χ4v) is 4.82. The molecule has 0 aliphatic heterocycles. The number of benzene rings is 2. The molecule has 0 saturated heterocycles. The van der Waals surface area contributed by atoms with Crippen LogP contribution >= 0.6 is 34.5 Å². The van der Waals surface area contributed by atoms with Gasteiger partial charge in [-0.1, -0.05) is 53.0 Å². The first-order chi connectivity index (χ1) is 14.3. The number of halogens is 2. The van der Waals surface area contributed by atoms with E-state index in [2.05, 4.69) is 11.1 Å². The second-order valence-corrected chi connectivity index (χ2v) is 8.55. The SMILES string of the molecule is Cc1ccc(-c2c(C#N)c(N)nc3sc(C(=O)c4ccc(Cl)cc4Cl)c(N)c23)cc1. The first-order valence-corrected chi connectivity index (χ1v) is 10.4. The number of hydrogen-bond donors (Lipinski definition) is 2. The molecule has 30 heavy (non-hydrogen) atoms. The Balaban J connectivity index is 2.01. The Morgan fingerprint density at radius 2 is 1.83 bits per heavy atom. The molecule has 4 rings (SSSR count). The zero-order valence-corrected chi connectivity index (χ0v) is 18.0. The van der Waals surface area contributed by atoms with E-state index in [0.717, 1.165) is 22.5 Å². The summed E-state index contributed by atoms with van der Waals surface area (Å²) in [6.45, 7) is 1.97. The third kappa shape index (κ3) is 3.27. The number of pyridine rings is 1. The van der Waals surface area contributed by atoms with Crippen LogP contribution < -0.4 is 11.5 Å². The van der Waals surface area contributed by atoms with Gasteiger partial charge in [0.1, 0.15) is 27.2 Å². The maximum atomic E-state index is 13.2. The molecule has 0 unspecified atom stereocenters. The molecule has 4 aromatic rings. The summed E-state index contributed by atoms with van der Waals surface area (Å²) in [5, 5.41) is 10.9. The standard InChI is InChI=1S/C22H14Cl2N4OS/c1-10-2-4-11(5-3-10)16-14(9-25)21(27)28-22-17(16)18(26)20(30-22)19(29)13-7-6-12(23)8-15(13)24/h2-8H,26H2,1H3,(H2,27,28). The molecule has 2 aromatic carbocycles. The van der Waals surface area contributed by atoms with Gasteiger partial charge >= 0.3 is 0 Å². The fourth-order valence-electron chi connectivity index (χ4n) is 3.26. The third-order valence-electron chi connectivity index (χ3n) is 4.74. The topological polar surface area (TPSA) is 106 Å². The van der Waals surface area contributed by atoms with Crippen LogP contribution in [0.1, 0.15) is 26.4 Å². The first kappa shape index (κ1) is 20.2. The van der Waals surface area contributed by atoms with E-state index < -0.39 is 0 Å². The van der Waals surface area contributed by atoms with Crippen LogP contribution in [0.5, 0.6) is 0 Å². The Morgan fingerprint density at radius 1 is 1.13 bits per heavy atom. The van der Waals surface area contributed by atoms with Crippen LogP contribution in [0.3, 0.4) is 0 Å². The molecule has 0 bridgehead atoms. The number of aromatic nitrogens is 1. The molecule has 0 spiro atoms. The number of carbonyl (C=O) groups excluding carboxylic acids is 1. The predicted molar refractivity (Wildman–Crippen MR) is 123 cm³/mol. The summed E-state index contributed by atoms with van der Waals surface area (Å²) >= 11 is 13.3. The van der Waals surface area contributed by atoms with Crippen LogP contribution in [0.15, 0.2) is 42.5 Å². The number of hydrogen-bond acceptors (Lipinski definition) is 6. The van der Waals surface area contributed by atoms with Gasteiger partial charge in [0, 0.05) is 21.5 Å². The molecular formula is C22H14Cl2N4OS. The molecule has 2 aromatic heterocycles. The third-order valence-corrected chi connectivity index (χ3v) is 6.38. The lowest BCUT2D eigenvalue weighted by atomic mass is 9.96. The van der Waals surface area contributed by atoms with Gasteiger partial charge < -0.3 is 11.5 Å². The number of thiophene rings is 1. The number of nitrogens with zero attached hydrogens (tertiary/aromatic N) is 2. The number of fused-ring (bicyclic) bond motifs is 1. The lowest BCUT2D eigenvalue weighted by Crippen LogP contribution is -2.03. The van der Waals surface area contributed by atoms with Crippen LogP contribution in [0.2, 0.25) is 10.0 Å². The zero-order chi connectivity index (χ0) is 21.6. The number of carbonyl (C=O) groups is 1. The van der Waals surface area contributed by atoms with Gasteiger partial charge in [-0.15, -0.1) is 11.3 Å². The van der Waals surface area contributed by atoms with Crippen LogP contribution in [-0.2, 0) is 0 Å². The van der Waals surface area contributed by atoms with Crippen LogP contribution in [0.4, 0.5) is 11.5 Å². The van der Waals surface area contributed by atoms with E-state index in [1.807, 2.05) is 31.2 Å². The van der Waals surface area contributed by atoms with Gasteiger partial charge in [-0.2, -0.15) is 5.26 Å². The molecule has 4 N–H and O–H groups in total. The van der Waals surface area contributed by atoms with Crippen molar-refractivity contribution in [3.8, 4) is 17.2 Å². The van der Waals surface area contributed by atoms with Crippen molar-refractivity contribution in [2.45, 2.75) is 6.92 Å². The Kier molecular flexibility index (Phi) is 5.12. The van der Waals surface area contributed by atoms with Gasteiger partial charge in [-0.25, -0.2) is 4.98 Å². The average molecular weight is 453 g/mol. The molecule has 0 saturated carbocycles. The fraction of sp³-hybridized carbons (Fsp3) is 0.0455. The highest BCUT2D eigenvalue weighted by Gasteiger charge is 2.25. The normalized spacial score (nSPS) is 10.9. The Bertz CT molecular complexity index is 1370. The van der Waals surface area contributed by atoms with Crippen molar-refractivity contribution < 1.29 is 4.79 Å². The molecule has 0 amide bonds. The lowest BCUT2D eigenvalue weighted by molar-refractivity contribution is 0.104. The number of aryl methyl sites for hydroxylation is 1. The van der Waals surface area contributed by atoms with Gasteiger partial charge in [0.2, 0.25) is 5.78 Å². The molecule has 5 nitrogen and oxygen atoms in total.